The van der Waals surface area contributed by atoms with Crippen molar-refractivity contribution in [2.45, 2.75) is 50.7 Å². The van der Waals surface area contributed by atoms with Gasteiger partial charge in [-0.05, 0) is 49.4 Å². The average molecular weight is 346 g/mol. The fourth-order valence-electron chi connectivity index (χ4n) is 5.63. The number of pyridine rings is 1. The predicted molar refractivity (Wildman–Crippen MR) is 91.4 cm³/mol. The highest BCUT2D eigenvalue weighted by atomic mass is 16.5. The van der Waals surface area contributed by atoms with Crippen LogP contribution in [0.3, 0.4) is 0 Å². The summed E-state index contributed by atoms with van der Waals surface area (Å²) in [7, 11) is 1.43. The van der Waals surface area contributed by atoms with Crippen molar-refractivity contribution in [2.75, 3.05) is 7.11 Å². The molecule has 1 aromatic heterocycles. The Kier molecular flexibility index (Phi) is 4.31. The molecule has 0 aliphatic heterocycles. The van der Waals surface area contributed by atoms with Crippen molar-refractivity contribution in [2.24, 2.45) is 23.7 Å². The molecule has 6 heteroatoms. The number of nitrogens with one attached hydrogen (secondary N) is 1. The summed E-state index contributed by atoms with van der Waals surface area (Å²) < 4.78 is 5.05. The second-order valence-corrected chi connectivity index (χ2v) is 7.72. The minimum absolute atomic E-state index is 0.0480. The number of carbonyl (C=O) groups is 1. The third-order valence-electron chi connectivity index (χ3n) is 6.70. The maximum absolute atomic E-state index is 12.7. The highest BCUT2D eigenvalue weighted by Crippen LogP contribution is 2.54. The van der Waals surface area contributed by atoms with Crippen molar-refractivity contribution in [3.8, 4) is 11.5 Å². The molecule has 0 spiro atoms. The topological polar surface area (TPSA) is 91.7 Å². The number of aromatic nitrogens is 1. The number of aliphatic hydroxyl groups excluding tert-OH is 1. The van der Waals surface area contributed by atoms with Crippen LogP contribution in [0.25, 0.3) is 0 Å². The molecule has 0 saturated heterocycles. The van der Waals surface area contributed by atoms with Crippen LogP contribution in [-0.4, -0.2) is 40.4 Å². The normalized spacial score (nSPS) is 36.6. The minimum Gasteiger partial charge on any atom is -0.503 e. The number of carbonyl (C=O) groups excluding carboxylic acids is 1. The number of nitrogens with zero attached hydrogens (tertiary/aromatic N) is 1. The van der Waals surface area contributed by atoms with Crippen LogP contribution in [0.15, 0.2) is 12.3 Å². The van der Waals surface area contributed by atoms with E-state index in [-0.39, 0.29) is 29.2 Å². The molecule has 1 aromatic rings. The fourth-order valence-corrected chi connectivity index (χ4v) is 5.63. The maximum Gasteiger partial charge on any atom is 0.274 e. The number of rotatable bonds is 3. The fraction of sp³-hybridized carbons (Fsp3) is 0.684. The van der Waals surface area contributed by atoms with Crippen LogP contribution >= 0.6 is 0 Å². The standard InChI is InChI=1S/C19H26N2O4/c1-25-14-8-9-20-16(18(14)23)19(24)21-15-12-6-7-13(17(15)22)11-5-3-2-4-10(11)12/h8-13,15,17,22-23H,2-7H2,1H3,(H,21,24)/t10-,11+,12+,13?,15?,17?/m1/s1. The highest BCUT2D eigenvalue weighted by molar-refractivity contribution is 5.95. The van der Waals surface area contributed by atoms with E-state index in [1.54, 1.807) is 0 Å². The van der Waals surface area contributed by atoms with E-state index in [1.807, 2.05) is 0 Å². The van der Waals surface area contributed by atoms with Crippen LogP contribution in [0, 0.1) is 23.7 Å². The van der Waals surface area contributed by atoms with Gasteiger partial charge in [-0.25, -0.2) is 4.98 Å². The summed E-state index contributed by atoms with van der Waals surface area (Å²) in [4.78, 5) is 16.7. The van der Waals surface area contributed by atoms with E-state index < -0.39 is 12.0 Å². The van der Waals surface area contributed by atoms with Gasteiger partial charge in [0.15, 0.2) is 17.2 Å². The molecule has 3 unspecified atom stereocenters. The molecule has 3 N–H and O–H groups in total. The third kappa shape index (κ3) is 2.67. The number of fused-ring (bicyclic) bond motifs is 2. The first-order chi connectivity index (χ1) is 12.1. The Morgan fingerprint density at radius 3 is 2.56 bits per heavy atom. The van der Waals surface area contributed by atoms with Crippen molar-refractivity contribution >= 4 is 5.91 Å². The van der Waals surface area contributed by atoms with Gasteiger partial charge in [-0.2, -0.15) is 0 Å². The molecular weight excluding hydrogens is 320 g/mol. The molecule has 4 fully saturated rings. The second-order valence-electron chi connectivity index (χ2n) is 7.72. The monoisotopic (exact) mass is 346 g/mol. The summed E-state index contributed by atoms with van der Waals surface area (Å²) in [6.07, 6.45) is 7.97. The SMILES string of the molecule is COc1ccnc(C(=O)NC2C(O)C3CC[C@H]2[C@@H]2CCCC[C@H]32)c1O. The zero-order valence-electron chi connectivity index (χ0n) is 14.5. The van der Waals surface area contributed by atoms with Gasteiger partial charge in [0.1, 0.15) is 0 Å². The van der Waals surface area contributed by atoms with Gasteiger partial charge in [0, 0.05) is 12.3 Å². The highest BCUT2D eigenvalue weighted by Gasteiger charge is 2.54. The number of aliphatic hydroxyl groups is 1. The van der Waals surface area contributed by atoms with Gasteiger partial charge in [0.2, 0.25) is 0 Å². The van der Waals surface area contributed by atoms with Gasteiger partial charge in [-0.15, -0.1) is 0 Å². The molecule has 1 heterocycles. The lowest BCUT2D eigenvalue weighted by Gasteiger charge is -2.57. The molecule has 0 radical (unpaired) electrons. The Balaban J connectivity index is 1.55. The molecule has 4 aliphatic carbocycles. The number of ether oxygens (including phenoxy) is 1. The summed E-state index contributed by atoms with van der Waals surface area (Å²) in [6.45, 7) is 0. The van der Waals surface area contributed by atoms with Crippen molar-refractivity contribution in [1.82, 2.24) is 10.3 Å². The molecule has 1 amide bonds. The minimum atomic E-state index is -0.505. The molecular formula is C19H26N2O4. The van der Waals surface area contributed by atoms with Crippen molar-refractivity contribution in [3.05, 3.63) is 18.0 Å². The van der Waals surface area contributed by atoms with Crippen molar-refractivity contribution in [1.29, 1.82) is 0 Å². The first-order valence-corrected chi connectivity index (χ1v) is 9.32. The Morgan fingerprint density at radius 1 is 1.16 bits per heavy atom. The third-order valence-corrected chi connectivity index (χ3v) is 6.70. The Labute approximate surface area is 147 Å². The van der Waals surface area contributed by atoms with Crippen LogP contribution in [0.1, 0.15) is 49.0 Å². The molecule has 0 aromatic carbocycles. The van der Waals surface area contributed by atoms with Gasteiger partial charge in [0.25, 0.3) is 5.91 Å². The molecule has 4 aliphatic rings. The van der Waals surface area contributed by atoms with Crippen LogP contribution in [0.5, 0.6) is 11.5 Å². The van der Waals surface area contributed by atoms with E-state index in [0.29, 0.717) is 17.8 Å². The second kappa shape index (κ2) is 6.48. The average Bonchev–Trinajstić information content (AvgIpc) is 2.64. The van der Waals surface area contributed by atoms with Gasteiger partial charge in [-0.3, -0.25) is 4.79 Å². The van der Waals surface area contributed by atoms with Gasteiger partial charge in [-0.1, -0.05) is 12.8 Å². The number of aromatic hydroxyl groups is 1. The number of hydrogen-bond acceptors (Lipinski definition) is 5. The van der Waals surface area contributed by atoms with E-state index in [4.69, 9.17) is 4.74 Å². The summed E-state index contributed by atoms with van der Waals surface area (Å²) in [5.74, 6) is 1.34. The molecule has 6 nitrogen and oxygen atoms in total. The number of methoxy groups -OCH3 is 1. The number of hydrogen-bond donors (Lipinski definition) is 3. The molecule has 136 valence electrons. The zero-order chi connectivity index (χ0) is 17.6. The van der Waals surface area contributed by atoms with E-state index in [1.165, 1.54) is 45.1 Å². The zero-order valence-corrected chi connectivity index (χ0v) is 14.5. The lowest BCUT2D eigenvalue weighted by atomic mass is 9.52. The van der Waals surface area contributed by atoms with Crippen LogP contribution in [0.4, 0.5) is 0 Å². The first-order valence-electron chi connectivity index (χ1n) is 9.32. The van der Waals surface area contributed by atoms with Crippen molar-refractivity contribution < 1.29 is 19.7 Å². The predicted octanol–water partition coefficient (Wildman–Crippen LogP) is 2.10. The van der Waals surface area contributed by atoms with E-state index >= 15 is 0 Å². The molecule has 6 atom stereocenters. The summed E-state index contributed by atoms with van der Waals surface area (Å²) in [5.41, 5.74) is -0.0480. The molecule has 2 bridgehead atoms. The Hall–Kier alpha value is -1.82. The summed E-state index contributed by atoms with van der Waals surface area (Å²) >= 11 is 0. The van der Waals surface area contributed by atoms with Gasteiger partial charge >= 0.3 is 0 Å². The lowest BCUT2D eigenvalue weighted by molar-refractivity contribution is -0.112. The smallest absolute Gasteiger partial charge is 0.274 e. The number of amides is 1. The molecule has 4 saturated carbocycles. The van der Waals surface area contributed by atoms with Gasteiger partial charge < -0.3 is 20.3 Å². The van der Waals surface area contributed by atoms with Crippen molar-refractivity contribution in [3.63, 3.8) is 0 Å². The Morgan fingerprint density at radius 2 is 1.84 bits per heavy atom. The van der Waals surface area contributed by atoms with Crippen LogP contribution < -0.4 is 10.1 Å². The van der Waals surface area contributed by atoms with Crippen LogP contribution in [0.2, 0.25) is 0 Å². The molecule has 25 heavy (non-hydrogen) atoms. The van der Waals surface area contributed by atoms with Crippen LogP contribution in [-0.2, 0) is 0 Å². The molecule has 5 rings (SSSR count). The quantitative estimate of drug-likeness (QED) is 0.780. The van der Waals surface area contributed by atoms with Gasteiger partial charge in [0.05, 0.1) is 19.3 Å². The summed E-state index contributed by atoms with van der Waals surface area (Å²) in [5, 5.41) is 24.0. The maximum atomic E-state index is 12.7. The largest absolute Gasteiger partial charge is 0.503 e. The van der Waals surface area contributed by atoms with E-state index in [2.05, 4.69) is 10.3 Å². The summed E-state index contributed by atoms with van der Waals surface area (Å²) in [6, 6.07) is 1.26. The first kappa shape index (κ1) is 16.6. The van der Waals surface area contributed by atoms with E-state index in [9.17, 15) is 15.0 Å². The van der Waals surface area contributed by atoms with E-state index in [0.717, 1.165) is 12.8 Å². The lowest BCUT2D eigenvalue weighted by Crippen LogP contribution is -2.63. The Bertz CT molecular complexity index is 661.